The number of ketones is 1. The van der Waals surface area contributed by atoms with Crippen LogP contribution in [-0.2, 0) is 17.8 Å². The Labute approximate surface area is 182 Å². The zero-order chi connectivity index (χ0) is 21.5. The van der Waals surface area contributed by atoms with Gasteiger partial charge in [-0.05, 0) is 47.7 Å². The van der Waals surface area contributed by atoms with Gasteiger partial charge in [0, 0.05) is 18.6 Å². The predicted octanol–water partition coefficient (Wildman–Crippen LogP) is 4.64. The quantitative estimate of drug-likeness (QED) is 0.466. The molecule has 0 bridgehead atoms. The van der Waals surface area contributed by atoms with Crippen LogP contribution in [0.4, 0.5) is 4.39 Å². The summed E-state index contributed by atoms with van der Waals surface area (Å²) in [5.41, 5.74) is 4.67. The van der Waals surface area contributed by atoms with E-state index >= 15 is 0 Å². The van der Waals surface area contributed by atoms with Crippen molar-refractivity contribution in [2.75, 3.05) is 7.11 Å². The van der Waals surface area contributed by atoms with Gasteiger partial charge >= 0.3 is 0 Å². The highest BCUT2D eigenvalue weighted by Gasteiger charge is 2.32. The minimum atomic E-state index is -0.327. The Balaban J connectivity index is 1.68. The van der Waals surface area contributed by atoms with E-state index in [9.17, 15) is 9.18 Å². The van der Waals surface area contributed by atoms with Crippen molar-refractivity contribution in [3.63, 3.8) is 0 Å². The summed E-state index contributed by atoms with van der Waals surface area (Å²) in [4.78, 5) is 12.9. The first kappa shape index (κ1) is 19.8. The van der Waals surface area contributed by atoms with Gasteiger partial charge in [0.25, 0.3) is 0 Å². The molecule has 5 rings (SSSR count). The molecular formula is C23H18ClFN4O2. The topological polar surface area (TPSA) is 69.4 Å². The lowest BCUT2D eigenvalue weighted by atomic mass is 9.83. The number of halogens is 2. The van der Waals surface area contributed by atoms with Crippen molar-refractivity contribution in [2.45, 2.75) is 25.4 Å². The molecule has 6 nitrogen and oxygen atoms in total. The number of ether oxygens (including phenoxy) is 1. The number of benzene rings is 2. The summed E-state index contributed by atoms with van der Waals surface area (Å²) in [6, 6.07) is 13.7. The van der Waals surface area contributed by atoms with E-state index in [1.54, 1.807) is 23.8 Å². The van der Waals surface area contributed by atoms with E-state index in [-0.39, 0.29) is 24.1 Å². The second kappa shape index (κ2) is 7.83. The number of rotatable bonds is 4. The van der Waals surface area contributed by atoms with Crippen LogP contribution in [0.15, 0.2) is 48.5 Å². The fourth-order valence-electron chi connectivity index (χ4n) is 4.16. The summed E-state index contributed by atoms with van der Waals surface area (Å²) in [5.74, 6) is -0.435. The van der Waals surface area contributed by atoms with Crippen molar-refractivity contribution in [3.8, 4) is 11.1 Å². The summed E-state index contributed by atoms with van der Waals surface area (Å²) in [6.45, 7) is 0.247. The van der Waals surface area contributed by atoms with E-state index in [2.05, 4.69) is 10.2 Å². The van der Waals surface area contributed by atoms with Crippen LogP contribution in [-0.4, -0.2) is 32.7 Å². The van der Waals surface area contributed by atoms with Crippen LogP contribution in [0, 0.1) is 5.82 Å². The van der Waals surface area contributed by atoms with Crippen LogP contribution in [0.3, 0.4) is 0 Å². The maximum absolute atomic E-state index is 13.5. The van der Waals surface area contributed by atoms with Crippen LogP contribution < -0.4 is 0 Å². The Morgan fingerprint density at radius 3 is 2.71 bits per heavy atom. The number of hydrogen-bond donors (Lipinski definition) is 0. The summed E-state index contributed by atoms with van der Waals surface area (Å²) in [6.07, 6.45) is 0.912. The minimum absolute atomic E-state index is 0.0320. The number of nitrogens with zero attached hydrogens (tertiary/aromatic N) is 4. The molecule has 2 aromatic carbocycles. The fraction of sp³-hybridized carbons (Fsp3) is 0.217. The molecule has 1 aliphatic carbocycles. The van der Waals surface area contributed by atoms with Crippen molar-refractivity contribution in [1.29, 1.82) is 0 Å². The van der Waals surface area contributed by atoms with Gasteiger partial charge in [0.1, 0.15) is 5.82 Å². The zero-order valence-corrected chi connectivity index (χ0v) is 17.4. The van der Waals surface area contributed by atoms with E-state index in [1.165, 1.54) is 12.1 Å². The normalized spacial score (nSPS) is 16.0. The highest BCUT2D eigenvalue weighted by Crippen LogP contribution is 2.35. The van der Waals surface area contributed by atoms with E-state index in [4.69, 9.17) is 21.4 Å². The van der Waals surface area contributed by atoms with E-state index in [0.29, 0.717) is 40.6 Å². The van der Waals surface area contributed by atoms with Crippen molar-refractivity contribution in [1.82, 2.24) is 19.8 Å². The van der Waals surface area contributed by atoms with Gasteiger partial charge in [-0.1, -0.05) is 35.9 Å². The molecule has 8 heteroatoms. The fourth-order valence-corrected chi connectivity index (χ4v) is 4.36. The first-order valence-corrected chi connectivity index (χ1v) is 10.2. The summed E-state index contributed by atoms with van der Waals surface area (Å²) < 4.78 is 20.5. The number of carbonyl (C=O) groups is 1. The van der Waals surface area contributed by atoms with Crippen LogP contribution in [0.25, 0.3) is 16.8 Å². The zero-order valence-electron chi connectivity index (χ0n) is 16.7. The van der Waals surface area contributed by atoms with Crippen LogP contribution >= 0.6 is 11.6 Å². The third-order valence-corrected chi connectivity index (χ3v) is 5.81. The lowest BCUT2D eigenvalue weighted by Gasteiger charge is -2.23. The highest BCUT2D eigenvalue weighted by atomic mass is 35.5. The molecule has 1 unspecified atom stereocenters. The molecule has 1 atom stereocenters. The van der Waals surface area contributed by atoms with Crippen LogP contribution in [0.5, 0.6) is 0 Å². The number of methoxy groups -OCH3 is 1. The number of carbonyl (C=O) groups excluding carboxylic acids is 1. The van der Waals surface area contributed by atoms with Crippen molar-refractivity contribution in [3.05, 3.63) is 82.0 Å². The molecule has 0 N–H and O–H groups in total. The number of Topliss-reactive ketones (excluding diaryl/α,β-unsaturated/α-hetero) is 1. The van der Waals surface area contributed by atoms with Gasteiger partial charge in [0.2, 0.25) is 0 Å². The van der Waals surface area contributed by atoms with Crippen molar-refractivity contribution < 1.29 is 13.9 Å². The Morgan fingerprint density at radius 2 is 1.97 bits per heavy atom. The van der Waals surface area contributed by atoms with Gasteiger partial charge in [0.15, 0.2) is 17.1 Å². The molecule has 2 aromatic heterocycles. The maximum atomic E-state index is 13.5. The van der Waals surface area contributed by atoms with E-state index in [0.717, 1.165) is 16.7 Å². The van der Waals surface area contributed by atoms with E-state index in [1.807, 2.05) is 24.3 Å². The molecule has 0 radical (unpaired) electrons. The van der Waals surface area contributed by atoms with E-state index < -0.39 is 0 Å². The summed E-state index contributed by atoms with van der Waals surface area (Å²) in [5, 5.41) is 13.9. The van der Waals surface area contributed by atoms with Gasteiger partial charge < -0.3 is 4.74 Å². The second-order valence-electron chi connectivity index (χ2n) is 7.58. The average Bonchev–Trinajstić information content (AvgIpc) is 3.13. The van der Waals surface area contributed by atoms with Gasteiger partial charge in [0.05, 0.1) is 23.6 Å². The lowest BCUT2D eigenvalue weighted by molar-refractivity contribution is 0.0955. The summed E-state index contributed by atoms with van der Waals surface area (Å²) >= 11 is 6.17. The first-order chi connectivity index (χ1) is 15.0. The SMILES string of the molecule is COCc1nn2c3c(nnc2c1-c1ccc(F)cc1)C(=O)CC(c1cccc(Cl)c1)C3. The summed E-state index contributed by atoms with van der Waals surface area (Å²) in [7, 11) is 1.58. The molecule has 0 saturated carbocycles. The Morgan fingerprint density at radius 1 is 1.16 bits per heavy atom. The molecule has 1 aliphatic rings. The molecule has 0 fully saturated rings. The minimum Gasteiger partial charge on any atom is -0.378 e. The van der Waals surface area contributed by atoms with Crippen LogP contribution in [0.1, 0.15) is 39.8 Å². The van der Waals surface area contributed by atoms with Gasteiger partial charge in [-0.3, -0.25) is 4.79 Å². The number of hydrogen-bond acceptors (Lipinski definition) is 5. The number of fused-ring (bicyclic) bond motifs is 3. The molecule has 2 heterocycles. The Hall–Kier alpha value is -3.16. The predicted molar refractivity (Wildman–Crippen MR) is 114 cm³/mol. The average molecular weight is 437 g/mol. The smallest absolute Gasteiger partial charge is 0.185 e. The standard InChI is InChI=1S/C23H18ClFN4O2/c1-31-12-18-21(13-5-7-17(25)8-6-13)23-27-26-22-19(29(23)28-18)10-15(11-20(22)30)14-3-2-4-16(24)9-14/h2-9,15H,10-12H2,1H3. The van der Waals surface area contributed by atoms with Crippen molar-refractivity contribution >= 4 is 23.0 Å². The van der Waals surface area contributed by atoms with Crippen molar-refractivity contribution in [2.24, 2.45) is 0 Å². The second-order valence-corrected chi connectivity index (χ2v) is 8.01. The molecule has 0 spiro atoms. The van der Waals surface area contributed by atoms with Crippen LogP contribution in [0.2, 0.25) is 5.02 Å². The third kappa shape index (κ3) is 3.49. The monoisotopic (exact) mass is 436 g/mol. The van der Waals surface area contributed by atoms with Gasteiger partial charge in [-0.25, -0.2) is 8.91 Å². The largest absolute Gasteiger partial charge is 0.378 e. The molecule has 0 aliphatic heterocycles. The molecule has 0 saturated heterocycles. The Bertz CT molecular complexity index is 1300. The van der Waals surface area contributed by atoms with Gasteiger partial charge in [-0.2, -0.15) is 5.10 Å². The molecule has 31 heavy (non-hydrogen) atoms. The molecular weight excluding hydrogens is 419 g/mol. The molecule has 0 amide bonds. The maximum Gasteiger partial charge on any atom is 0.185 e. The number of aromatic nitrogens is 4. The lowest BCUT2D eigenvalue weighted by Crippen LogP contribution is -2.24. The first-order valence-electron chi connectivity index (χ1n) is 9.86. The third-order valence-electron chi connectivity index (χ3n) is 5.58. The Kier molecular flexibility index (Phi) is 5.00. The molecule has 4 aromatic rings. The highest BCUT2D eigenvalue weighted by molar-refractivity contribution is 6.30. The van der Waals surface area contributed by atoms with Gasteiger partial charge in [-0.15, -0.1) is 10.2 Å². The molecule has 156 valence electrons.